The summed E-state index contributed by atoms with van der Waals surface area (Å²) in [6.45, 7) is 2.96. The van der Waals surface area contributed by atoms with Crippen molar-refractivity contribution >= 4 is 5.91 Å². The molecule has 1 rings (SSSR count). The number of imidazole rings is 1. The van der Waals surface area contributed by atoms with Crippen LogP contribution in [0.4, 0.5) is 0 Å². The van der Waals surface area contributed by atoms with Crippen LogP contribution >= 0.6 is 0 Å². The Morgan fingerprint density at radius 1 is 1.28 bits per heavy atom. The fraction of sp³-hybridized carbons (Fsp3) is 0.714. The highest BCUT2D eigenvalue weighted by Crippen LogP contribution is 2.04. The summed E-state index contributed by atoms with van der Waals surface area (Å²) in [5.74, 6) is 0.191. The summed E-state index contributed by atoms with van der Waals surface area (Å²) in [4.78, 5) is 18.5. The van der Waals surface area contributed by atoms with Crippen molar-refractivity contribution < 1.29 is 4.79 Å². The van der Waals surface area contributed by atoms with Crippen molar-refractivity contribution in [1.29, 1.82) is 0 Å². The zero-order chi connectivity index (χ0) is 13.1. The van der Waals surface area contributed by atoms with E-state index in [9.17, 15) is 4.79 Å². The minimum absolute atomic E-state index is 0.191. The zero-order valence-electron chi connectivity index (χ0n) is 11.4. The molecule has 0 aliphatic heterocycles. The number of nitrogens with zero attached hydrogens (tertiary/aromatic N) is 1. The molecule has 0 aromatic carbocycles. The van der Waals surface area contributed by atoms with E-state index in [1.807, 2.05) is 6.20 Å². The predicted molar refractivity (Wildman–Crippen MR) is 73.3 cm³/mol. The number of H-pyrrole nitrogens is 1. The topological polar surface area (TPSA) is 57.8 Å². The Balaban J connectivity index is 1.90. The van der Waals surface area contributed by atoms with Crippen LogP contribution < -0.4 is 5.32 Å². The fourth-order valence-electron chi connectivity index (χ4n) is 1.91. The van der Waals surface area contributed by atoms with Crippen LogP contribution in [0.3, 0.4) is 0 Å². The van der Waals surface area contributed by atoms with Crippen molar-refractivity contribution in [2.24, 2.45) is 0 Å². The number of rotatable bonds is 10. The van der Waals surface area contributed by atoms with E-state index in [1.165, 1.54) is 25.7 Å². The van der Waals surface area contributed by atoms with E-state index in [0.29, 0.717) is 6.42 Å². The van der Waals surface area contributed by atoms with Crippen LogP contribution in [-0.4, -0.2) is 22.4 Å². The number of aromatic amines is 1. The van der Waals surface area contributed by atoms with E-state index in [-0.39, 0.29) is 5.91 Å². The third-order valence-electron chi connectivity index (χ3n) is 3.01. The first-order chi connectivity index (χ1) is 8.83. The van der Waals surface area contributed by atoms with Crippen LogP contribution in [0.2, 0.25) is 0 Å². The monoisotopic (exact) mass is 251 g/mol. The lowest BCUT2D eigenvalue weighted by atomic mass is 10.1. The smallest absolute Gasteiger partial charge is 0.219 e. The second-order valence-corrected chi connectivity index (χ2v) is 4.69. The highest BCUT2D eigenvalue weighted by Gasteiger charge is 2.00. The van der Waals surface area contributed by atoms with Gasteiger partial charge in [-0.25, -0.2) is 4.98 Å². The van der Waals surface area contributed by atoms with Crippen molar-refractivity contribution in [3.8, 4) is 0 Å². The molecule has 0 aliphatic rings. The van der Waals surface area contributed by atoms with Gasteiger partial charge in [0.2, 0.25) is 5.91 Å². The number of aromatic nitrogens is 2. The molecule has 1 heterocycles. The highest BCUT2D eigenvalue weighted by atomic mass is 16.1. The molecule has 0 atom stereocenters. The molecule has 18 heavy (non-hydrogen) atoms. The average Bonchev–Trinajstić information content (AvgIpc) is 2.87. The molecule has 1 aromatic rings. The minimum Gasteiger partial charge on any atom is -0.356 e. The van der Waals surface area contributed by atoms with Gasteiger partial charge in [-0.2, -0.15) is 0 Å². The maximum absolute atomic E-state index is 11.5. The maximum Gasteiger partial charge on any atom is 0.219 e. The molecule has 0 radical (unpaired) electrons. The third kappa shape index (κ3) is 7.09. The number of unbranched alkanes of at least 4 members (excludes halogenated alkanes) is 4. The largest absolute Gasteiger partial charge is 0.356 e. The van der Waals surface area contributed by atoms with Gasteiger partial charge >= 0.3 is 0 Å². The molecule has 102 valence electrons. The molecule has 0 fully saturated rings. The van der Waals surface area contributed by atoms with Gasteiger partial charge in [-0.15, -0.1) is 0 Å². The Bertz CT molecular complexity index is 309. The van der Waals surface area contributed by atoms with Gasteiger partial charge in [0.25, 0.3) is 0 Å². The molecule has 0 saturated heterocycles. The van der Waals surface area contributed by atoms with Gasteiger partial charge in [-0.05, 0) is 19.3 Å². The number of carbonyl (C=O) groups is 1. The summed E-state index contributed by atoms with van der Waals surface area (Å²) in [6.07, 6.45) is 12.1. The van der Waals surface area contributed by atoms with Crippen molar-refractivity contribution in [3.05, 3.63) is 18.2 Å². The Labute approximate surface area is 110 Å². The van der Waals surface area contributed by atoms with Gasteiger partial charge in [0, 0.05) is 24.9 Å². The third-order valence-corrected chi connectivity index (χ3v) is 3.01. The molecule has 1 amide bonds. The first-order valence-corrected chi connectivity index (χ1v) is 7.07. The molecule has 0 spiro atoms. The van der Waals surface area contributed by atoms with Crippen LogP contribution in [0.1, 0.15) is 57.6 Å². The predicted octanol–water partition coefficient (Wildman–Crippen LogP) is 2.82. The van der Waals surface area contributed by atoms with E-state index in [0.717, 1.165) is 31.5 Å². The van der Waals surface area contributed by atoms with E-state index >= 15 is 0 Å². The van der Waals surface area contributed by atoms with Crippen molar-refractivity contribution in [3.63, 3.8) is 0 Å². The van der Waals surface area contributed by atoms with Gasteiger partial charge in [0.1, 0.15) is 0 Å². The SMILES string of the molecule is CCCCCCCC(=O)NCCCc1cnc[nH]1. The standard InChI is InChI=1S/C14H25N3O/c1-2-3-4-5-6-9-14(18)16-10-7-8-13-11-15-12-17-13/h11-12H,2-10H2,1H3,(H,15,17)(H,16,18). The zero-order valence-corrected chi connectivity index (χ0v) is 11.4. The molecule has 0 aliphatic carbocycles. The van der Waals surface area contributed by atoms with E-state index in [4.69, 9.17) is 0 Å². The molecule has 2 N–H and O–H groups in total. The molecular formula is C14H25N3O. The quantitative estimate of drug-likeness (QED) is 0.628. The molecule has 0 unspecified atom stereocenters. The lowest BCUT2D eigenvalue weighted by molar-refractivity contribution is -0.121. The Hall–Kier alpha value is -1.32. The summed E-state index contributed by atoms with van der Waals surface area (Å²) in [5.41, 5.74) is 1.13. The number of hydrogen-bond acceptors (Lipinski definition) is 2. The molecule has 0 bridgehead atoms. The van der Waals surface area contributed by atoms with Crippen LogP contribution in [-0.2, 0) is 11.2 Å². The van der Waals surface area contributed by atoms with E-state index in [2.05, 4.69) is 22.2 Å². The summed E-state index contributed by atoms with van der Waals surface area (Å²) >= 11 is 0. The summed E-state index contributed by atoms with van der Waals surface area (Å²) in [5, 5.41) is 2.96. The first-order valence-electron chi connectivity index (χ1n) is 7.07. The normalized spacial score (nSPS) is 10.5. The van der Waals surface area contributed by atoms with Crippen molar-refractivity contribution in [1.82, 2.24) is 15.3 Å². The van der Waals surface area contributed by atoms with E-state index in [1.54, 1.807) is 6.33 Å². The number of hydrogen-bond donors (Lipinski definition) is 2. The average molecular weight is 251 g/mol. The first kappa shape index (κ1) is 14.7. The van der Waals surface area contributed by atoms with Crippen molar-refractivity contribution in [2.45, 2.75) is 58.3 Å². The fourth-order valence-corrected chi connectivity index (χ4v) is 1.91. The number of carbonyl (C=O) groups excluding carboxylic acids is 1. The lowest BCUT2D eigenvalue weighted by Gasteiger charge is -2.04. The Morgan fingerprint density at radius 3 is 2.83 bits per heavy atom. The van der Waals surface area contributed by atoms with Crippen LogP contribution in [0.25, 0.3) is 0 Å². The van der Waals surface area contributed by atoms with Gasteiger partial charge in [-0.1, -0.05) is 32.6 Å². The van der Waals surface area contributed by atoms with Gasteiger partial charge in [-0.3, -0.25) is 4.79 Å². The minimum atomic E-state index is 0.191. The number of aryl methyl sites for hydroxylation is 1. The molecule has 0 saturated carbocycles. The van der Waals surface area contributed by atoms with Crippen LogP contribution in [0.5, 0.6) is 0 Å². The van der Waals surface area contributed by atoms with E-state index < -0.39 is 0 Å². The summed E-state index contributed by atoms with van der Waals surface area (Å²) in [7, 11) is 0. The number of nitrogens with one attached hydrogen (secondary N) is 2. The summed E-state index contributed by atoms with van der Waals surface area (Å²) < 4.78 is 0. The van der Waals surface area contributed by atoms with Gasteiger partial charge in [0.15, 0.2) is 0 Å². The molecule has 4 nitrogen and oxygen atoms in total. The second kappa shape index (κ2) is 9.68. The molecule has 1 aromatic heterocycles. The number of amides is 1. The molecule has 4 heteroatoms. The van der Waals surface area contributed by atoms with Crippen molar-refractivity contribution in [2.75, 3.05) is 6.54 Å². The maximum atomic E-state index is 11.5. The Morgan fingerprint density at radius 2 is 2.11 bits per heavy atom. The molecular weight excluding hydrogens is 226 g/mol. The van der Waals surface area contributed by atoms with Crippen LogP contribution in [0.15, 0.2) is 12.5 Å². The van der Waals surface area contributed by atoms with Gasteiger partial charge in [0.05, 0.1) is 6.33 Å². The van der Waals surface area contributed by atoms with Crippen LogP contribution in [0, 0.1) is 0 Å². The highest BCUT2D eigenvalue weighted by molar-refractivity contribution is 5.75. The summed E-state index contributed by atoms with van der Waals surface area (Å²) in [6, 6.07) is 0. The lowest BCUT2D eigenvalue weighted by Crippen LogP contribution is -2.24. The second-order valence-electron chi connectivity index (χ2n) is 4.69. The Kier molecular flexibility index (Phi) is 7.93. The van der Waals surface area contributed by atoms with Gasteiger partial charge < -0.3 is 10.3 Å².